The fraction of sp³-hybridized carbons (Fsp3) is 0.600. The SMILES string of the molecule is CCOC(=O)CCCCCNC(=O)COCC(=O)O[C@@H](C(=O)O[C@H]1C[C@@]2(O)[C@@H](OC(=O)c3ccccc3)[C@@H]3[C@]4(OC(C)=O)CO[C@@H]4C[C@H](O)[C@@]3(C)C(=O)[C@H](O)C(=C1C)C2(C)C)C(NC(=O)OC(C)(C)C)c1ccccc1. The molecule has 2 saturated carbocycles. The zero-order valence-corrected chi connectivity index (χ0v) is 44.5. The summed E-state index contributed by atoms with van der Waals surface area (Å²) in [7, 11) is 0. The number of unbranched alkanes of at least 4 members (excludes halogenated alkanes) is 2. The summed E-state index contributed by atoms with van der Waals surface area (Å²) in [5.74, 6) is -7.75. The molecule has 1 aliphatic heterocycles. The maximum absolute atomic E-state index is 15.3. The van der Waals surface area contributed by atoms with Crippen LogP contribution in [0, 0.1) is 16.7 Å². The van der Waals surface area contributed by atoms with Crippen molar-refractivity contribution in [1.29, 1.82) is 0 Å². The summed E-state index contributed by atoms with van der Waals surface area (Å²) >= 11 is 0. The molecule has 1 saturated heterocycles. The van der Waals surface area contributed by atoms with Crippen LogP contribution in [0.1, 0.15) is 123 Å². The van der Waals surface area contributed by atoms with Crippen LogP contribution in [0.3, 0.4) is 0 Å². The van der Waals surface area contributed by atoms with Gasteiger partial charge in [0, 0.05) is 38.1 Å². The summed E-state index contributed by atoms with van der Waals surface area (Å²) in [5.41, 5.74) is -9.00. The maximum atomic E-state index is 15.3. The quantitative estimate of drug-likeness (QED) is 0.0540. The van der Waals surface area contributed by atoms with Gasteiger partial charge in [0.05, 0.1) is 36.2 Å². The molecule has 21 heteroatoms. The van der Waals surface area contributed by atoms with Gasteiger partial charge in [-0.1, -0.05) is 68.8 Å². The van der Waals surface area contributed by atoms with Crippen LogP contribution < -0.4 is 10.6 Å². The van der Waals surface area contributed by atoms with Crippen molar-refractivity contribution >= 4 is 47.6 Å². The van der Waals surface area contributed by atoms with Crippen LogP contribution in [0.2, 0.25) is 0 Å². The molecule has 1 unspecified atom stereocenters. The number of aliphatic hydroxyl groups is 3. The predicted molar refractivity (Wildman–Crippen MR) is 266 cm³/mol. The first-order valence-electron chi connectivity index (χ1n) is 25.6. The Balaban J connectivity index is 1.37. The van der Waals surface area contributed by atoms with Gasteiger partial charge in [0.1, 0.15) is 54.9 Å². The molecule has 0 radical (unpaired) electrons. The topological polar surface area (TPSA) is 295 Å². The van der Waals surface area contributed by atoms with E-state index in [9.17, 15) is 44.1 Å². The lowest BCUT2D eigenvalue weighted by Gasteiger charge is -2.67. The van der Waals surface area contributed by atoms with E-state index >= 15 is 9.59 Å². The monoisotopic (exact) mass is 1060 g/mol. The van der Waals surface area contributed by atoms with E-state index in [1.54, 1.807) is 64.1 Å². The summed E-state index contributed by atoms with van der Waals surface area (Å²) in [6.45, 7) is 12.2. The standard InChI is InChI=1S/C55H72N2O19/c1-10-70-39(61)24-18-13-19-25-56-38(60)28-69-29-40(62)73-44(42(33-20-14-11-15-21-33)57-50(67)76-51(4,5)6)49(66)72-35-27-55(68)47(74-48(65)34-22-16-12-17-23-34)45-53(9,46(64)43(63)41(31(35)2)52(55,7)8)36(59)26-37-54(45,30-71-37)75-32(3)58/h11-12,14-17,20-23,35-37,42-45,47,59,63,68H,10,13,18-19,24-30H2,1-9H3,(H,56,60)(H,57,67)/t35-,36-,37+,42?,43+,44+,45-,47-,53+,54-,55+/m0/s1. The van der Waals surface area contributed by atoms with Crippen LogP contribution in [0.5, 0.6) is 0 Å². The van der Waals surface area contributed by atoms with Crippen LogP contribution in [0.25, 0.3) is 0 Å². The Hall–Kier alpha value is -6.26. The van der Waals surface area contributed by atoms with Crippen molar-refractivity contribution in [3.8, 4) is 0 Å². The van der Waals surface area contributed by atoms with E-state index in [0.717, 1.165) is 6.92 Å². The molecule has 11 atom stereocenters. The molecule has 2 bridgehead atoms. The molecule has 3 fully saturated rings. The van der Waals surface area contributed by atoms with Gasteiger partial charge in [-0.05, 0) is 83.2 Å². The van der Waals surface area contributed by atoms with Crippen molar-refractivity contribution < 1.29 is 91.6 Å². The third kappa shape index (κ3) is 12.4. The first-order chi connectivity index (χ1) is 35.7. The Kier molecular flexibility index (Phi) is 18.6. The molecule has 416 valence electrons. The van der Waals surface area contributed by atoms with Gasteiger partial charge < -0.3 is 63.8 Å². The number of ether oxygens (including phenoxy) is 8. The number of carbonyl (C=O) groups is 8. The molecule has 5 N–H and O–H groups in total. The van der Waals surface area contributed by atoms with Crippen molar-refractivity contribution in [3.63, 3.8) is 0 Å². The maximum Gasteiger partial charge on any atom is 0.408 e. The van der Waals surface area contributed by atoms with Gasteiger partial charge in [-0.2, -0.15) is 0 Å². The number of amides is 2. The van der Waals surface area contributed by atoms with Crippen molar-refractivity contribution in [2.45, 2.75) is 160 Å². The van der Waals surface area contributed by atoms with Crippen LogP contribution in [0.15, 0.2) is 71.8 Å². The summed E-state index contributed by atoms with van der Waals surface area (Å²) < 4.78 is 46.2. The number of rotatable bonds is 20. The molecule has 2 aromatic carbocycles. The third-order valence-electron chi connectivity index (χ3n) is 14.9. The van der Waals surface area contributed by atoms with Crippen molar-refractivity contribution in [2.24, 2.45) is 16.7 Å². The first-order valence-corrected chi connectivity index (χ1v) is 25.6. The van der Waals surface area contributed by atoms with Gasteiger partial charge in [0.15, 0.2) is 11.4 Å². The third-order valence-corrected chi connectivity index (χ3v) is 14.9. The summed E-state index contributed by atoms with van der Waals surface area (Å²) in [6.07, 6.45) is -10.3. The number of fused-ring (bicyclic) bond motifs is 5. The Morgan fingerprint density at radius 3 is 2.14 bits per heavy atom. The molecule has 6 rings (SSSR count). The summed E-state index contributed by atoms with van der Waals surface area (Å²) in [6, 6.07) is 14.1. The first kappa shape index (κ1) is 59.0. The van der Waals surface area contributed by atoms with Gasteiger partial charge in [-0.15, -0.1) is 0 Å². The number of alkyl carbamates (subject to hydrolysis) is 1. The minimum Gasteiger partial charge on any atom is -0.466 e. The molecule has 76 heavy (non-hydrogen) atoms. The average molecular weight is 1070 g/mol. The molecule has 21 nitrogen and oxygen atoms in total. The minimum absolute atomic E-state index is 0.0298. The predicted octanol–water partition coefficient (Wildman–Crippen LogP) is 4.07. The number of benzene rings is 2. The lowest BCUT2D eigenvalue weighted by Crippen LogP contribution is -2.81. The van der Waals surface area contributed by atoms with E-state index in [1.807, 2.05) is 0 Å². The summed E-state index contributed by atoms with van der Waals surface area (Å²) in [4.78, 5) is 109. The Morgan fingerprint density at radius 2 is 1.54 bits per heavy atom. The number of hydrogen-bond acceptors (Lipinski definition) is 19. The second-order valence-corrected chi connectivity index (χ2v) is 21.5. The van der Waals surface area contributed by atoms with E-state index in [-0.39, 0.29) is 60.8 Å². The van der Waals surface area contributed by atoms with Gasteiger partial charge >= 0.3 is 35.9 Å². The van der Waals surface area contributed by atoms with Crippen molar-refractivity contribution in [1.82, 2.24) is 10.6 Å². The number of Topliss-reactive ketones (excluding diaryl/α,β-unsaturated/α-hetero) is 1. The average Bonchev–Trinajstić information content (AvgIpc) is 3.35. The number of aliphatic hydroxyl groups excluding tert-OH is 2. The molecular formula is C55H72N2O19. The highest BCUT2D eigenvalue weighted by molar-refractivity contribution is 5.94. The number of nitrogens with one attached hydrogen (secondary N) is 2. The van der Waals surface area contributed by atoms with E-state index in [2.05, 4.69) is 10.6 Å². The number of ketones is 1. The van der Waals surface area contributed by atoms with Gasteiger partial charge in [0.2, 0.25) is 12.0 Å². The van der Waals surface area contributed by atoms with Crippen LogP contribution in [0.4, 0.5) is 4.79 Å². The largest absolute Gasteiger partial charge is 0.466 e. The van der Waals surface area contributed by atoms with Gasteiger partial charge in [-0.25, -0.2) is 19.2 Å². The Bertz CT molecular complexity index is 2510. The highest BCUT2D eigenvalue weighted by Crippen LogP contribution is 2.64. The molecule has 0 spiro atoms. The second kappa shape index (κ2) is 24.0. The smallest absolute Gasteiger partial charge is 0.408 e. The Morgan fingerprint density at radius 1 is 0.882 bits per heavy atom. The van der Waals surface area contributed by atoms with E-state index in [1.165, 1.54) is 52.0 Å². The zero-order chi connectivity index (χ0) is 56.0. The highest BCUT2D eigenvalue weighted by Gasteiger charge is 2.78. The zero-order valence-electron chi connectivity index (χ0n) is 44.5. The fourth-order valence-corrected chi connectivity index (χ4v) is 11.1. The molecule has 2 aromatic rings. The molecule has 1 heterocycles. The van der Waals surface area contributed by atoms with Crippen LogP contribution in [-0.2, 0) is 66.7 Å². The van der Waals surface area contributed by atoms with Crippen molar-refractivity contribution in [3.05, 3.63) is 82.9 Å². The highest BCUT2D eigenvalue weighted by atomic mass is 16.6. The lowest BCUT2D eigenvalue weighted by atomic mass is 9.44. The second-order valence-electron chi connectivity index (χ2n) is 21.5. The number of esters is 5. The van der Waals surface area contributed by atoms with E-state index in [0.29, 0.717) is 19.3 Å². The number of carbonyl (C=O) groups excluding carboxylic acids is 8. The minimum atomic E-state index is -2.48. The van der Waals surface area contributed by atoms with Gasteiger partial charge in [0.25, 0.3) is 0 Å². The molecule has 4 aliphatic rings. The van der Waals surface area contributed by atoms with E-state index in [4.69, 9.17) is 37.9 Å². The normalized spacial score (nSPS) is 28.2. The van der Waals surface area contributed by atoms with Gasteiger partial charge in [-0.3, -0.25) is 19.2 Å². The lowest BCUT2D eigenvalue weighted by molar-refractivity contribution is -0.346. The Labute approximate surface area is 441 Å². The van der Waals surface area contributed by atoms with Crippen LogP contribution >= 0.6 is 0 Å². The molecule has 2 amide bonds. The fourth-order valence-electron chi connectivity index (χ4n) is 11.1. The molecule has 3 aliphatic carbocycles. The number of hydrogen-bond donors (Lipinski definition) is 5. The van der Waals surface area contributed by atoms with E-state index < -0.39 is 138 Å². The van der Waals surface area contributed by atoms with Crippen LogP contribution in [-0.4, -0.2) is 149 Å². The summed E-state index contributed by atoms with van der Waals surface area (Å²) in [5, 5.41) is 43.5. The van der Waals surface area contributed by atoms with Crippen molar-refractivity contribution in [2.75, 3.05) is 33.0 Å². The molecular weight excluding hydrogens is 993 g/mol. The molecule has 0 aromatic heterocycles.